The number of aryl methyl sites for hydroxylation is 1. The van der Waals surface area contributed by atoms with Crippen molar-refractivity contribution in [2.75, 3.05) is 5.43 Å². The Morgan fingerprint density at radius 3 is 2.45 bits per heavy atom. The standard InChI is InChI=1S/C14H14N2O5S/c1-9-4-2-3-5-12(9)15-16-22(20,21)10-6-7-13(17)11(8-10)14(18)19/h2-8,15-17H,1H3,(H,18,19). The predicted octanol–water partition coefficient (Wildman–Crippen LogP) is 1.70. The summed E-state index contributed by atoms with van der Waals surface area (Å²) in [4.78, 5) is 12.8. The maximum Gasteiger partial charge on any atom is 0.339 e. The van der Waals surface area contributed by atoms with Gasteiger partial charge in [0.25, 0.3) is 10.0 Å². The Bertz CT molecular complexity index is 818. The minimum Gasteiger partial charge on any atom is -0.507 e. The van der Waals surface area contributed by atoms with Gasteiger partial charge in [-0.2, -0.15) is 0 Å². The monoisotopic (exact) mass is 322 g/mol. The molecule has 0 aliphatic rings. The Labute approximate surface area is 127 Å². The van der Waals surface area contributed by atoms with E-state index in [2.05, 4.69) is 10.3 Å². The number of carboxylic acid groups (broad SMARTS) is 1. The number of para-hydroxylation sites is 1. The van der Waals surface area contributed by atoms with Gasteiger partial charge in [0.05, 0.1) is 10.6 Å². The first kappa shape index (κ1) is 15.8. The molecule has 0 amide bonds. The lowest BCUT2D eigenvalue weighted by molar-refractivity contribution is 0.0693. The van der Waals surface area contributed by atoms with E-state index in [0.29, 0.717) is 5.69 Å². The molecular formula is C14H14N2O5S. The Morgan fingerprint density at radius 2 is 1.82 bits per heavy atom. The number of carbonyl (C=O) groups is 1. The second-order valence-corrected chi connectivity index (χ2v) is 6.21. The molecular weight excluding hydrogens is 308 g/mol. The molecule has 4 N–H and O–H groups in total. The molecule has 0 aromatic heterocycles. The molecule has 116 valence electrons. The summed E-state index contributed by atoms with van der Waals surface area (Å²) in [6, 6.07) is 10.1. The van der Waals surface area contributed by atoms with Gasteiger partial charge in [0.2, 0.25) is 0 Å². The highest BCUT2D eigenvalue weighted by Gasteiger charge is 2.18. The van der Waals surface area contributed by atoms with E-state index in [-0.39, 0.29) is 4.90 Å². The molecule has 0 spiro atoms. The molecule has 0 aliphatic heterocycles. The van der Waals surface area contributed by atoms with Gasteiger partial charge in [-0.15, -0.1) is 4.83 Å². The number of hydrogen-bond acceptors (Lipinski definition) is 5. The lowest BCUT2D eigenvalue weighted by Crippen LogP contribution is -2.30. The van der Waals surface area contributed by atoms with Crippen molar-refractivity contribution in [1.82, 2.24) is 4.83 Å². The number of nitrogens with one attached hydrogen (secondary N) is 2. The third-order valence-corrected chi connectivity index (χ3v) is 4.22. The van der Waals surface area contributed by atoms with Crippen molar-refractivity contribution in [2.24, 2.45) is 0 Å². The molecule has 0 fully saturated rings. The summed E-state index contributed by atoms with van der Waals surface area (Å²) in [5.74, 6) is -1.92. The van der Waals surface area contributed by atoms with Crippen molar-refractivity contribution in [3.05, 3.63) is 53.6 Å². The predicted molar refractivity (Wildman–Crippen MR) is 80.2 cm³/mol. The van der Waals surface area contributed by atoms with Crippen LogP contribution in [0.15, 0.2) is 47.4 Å². The van der Waals surface area contributed by atoms with Crippen LogP contribution in [-0.4, -0.2) is 24.6 Å². The molecule has 22 heavy (non-hydrogen) atoms. The smallest absolute Gasteiger partial charge is 0.339 e. The number of phenols is 1. The van der Waals surface area contributed by atoms with Gasteiger partial charge in [-0.3, -0.25) is 0 Å². The van der Waals surface area contributed by atoms with Crippen LogP contribution in [0.1, 0.15) is 15.9 Å². The van der Waals surface area contributed by atoms with E-state index in [1.807, 2.05) is 6.07 Å². The van der Waals surface area contributed by atoms with Crippen LogP contribution in [-0.2, 0) is 10.0 Å². The molecule has 0 aliphatic carbocycles. The number of carboxylic acids is 1. The fourth-order valence-corrected chi connectivity index (χ4v) is 2.63. The van der Waals surface area contributed by atoms with E-state index in [1.54, 1.807) is 25.1 Å². The molecule has 0 heterocycles. The first-order valence-corrected chi connectivity index (χ1v) is 7.69. The summed E-state index contributed by atoms with van der Waals surface area (Å²) in [5, 5.41) is 18.3. The van der Waals surface area contributed by atoms with Gasteiger partial charge in [-0.05, 0) is 36.8 Å². The SMILES string of the molecule is Cc1ccccc1NNS(=O)(=O)c1ccc(O)c(C(=O)O)c1. The lowest BCUT2D eigenvalue weighted by Gasteiger charge is -2.12. The van der Waals surface area contributed by atoms with Gasteiger partial charge in [-0.25, -0.2) is 13.2 Å². The Morgan fingerprint density at radius 1 is 1.14 bits per heavy atom. The minimum atomic E-state index is -3.98. The molecule has 8 heteroatoms. The van der Waals surface area contributed by atoms with Crippen LogP contribution in [0.5, 0.6) is 5.75 Å². The summed E-state index contributed by atoms with van der Waals surface area (Å²) >= 11 is 0. The fourth-order valence-electron chi connectivity index (χ4n) is 1.75. The highest BCUT2D eigenvalue weighted by atomic mass is 32.2. The summed E-state index contributed by atoms with van der Waals surface area (Å²) in [6.07, 6.45) is 0. The van der Waals surface area contributed by atoms with E-state index in [1.165, 1.54) is 0 Å². The van der Waals surface area contributed by atoms with Gasteiger partial charge < -0.3 is 15.6 Å². The Kier molecular flexibility index (Phi) is 4.34. The van der Waals surface area contributed by atoms with E-state index >= 15 is 0 Å². The van der Waals surface area contributed by atoms with Crippen molar-refractivity contribution in [1.29, 1.82) is 0 Å². The molecule has 0 saturated carbocycles. The molecule has 0 unspecified atom stereocenters. The van der Waals surface area contributed by atoms with Gasteiger partial charge in [0, 0.05) is 0 Å². The Hall–Kier alpha value is -2.58. The Balaban J connectivity index is 2.26. The van der Waals surface area contributed by atoms with Crippen LogP contribution < -0.4 is 10.3 Å². The summed E-state index contributed by atoms with van der Waals surface area (Å²) in [6.45, 7) is 1.81. The largest absolute Gasteiger partial charge is 0.507 e. The normalized spacial score (nSPS) is 11.1. The van der Waals surface area contributed by atoms with Crippen molar-refractivity contribution in [3.8, 4) is 5.75 Å². The number of aromatic hydroxyl groups is 1. The molecule has 2 rings (SSSR count). The van der Waals surface area contributed by atoms with Crippen LogP contribution >= 0.6 is 0 Å². The average Bonchev–Trinajstić information content (AvgIpc) is 2.46. The highest BCUT2D eigenvalue weighted by Crippen LogP contribution is 2.21. The first-order valence-electron chi connectivity index (χ1n) is 6.21. The molecule has 0 bridgehead atoms. The van der Waals surface area contributed by atoms with E-state index < -0.39 is 27.3 Å². The fraction of sp³-hybridized carbons (Fsp3) is 0.0714. The van der Waals surface area contributed by atoms with Crippen molar-refractivity contribution >= 4 is 21.7 Å². The van der Waals surface area contributed by atoms with Crippen LogP contribution in [0.3, 0.4) is 0 Å². The summed E-state index contributed by atoms with van der Waals surface area (Å²) in [7, 11) is -3.98. The third-order valence-electron chi connectivity index (χ3n) is 2.97. The van der Waals surface area contributed by atoms with E-state index in [0.717, 1.165) is 23.8 Å². The summed E-state index contributed by atoms with van der Waals surface area (Å²) in [5.41, 5.74) is 3.49. The second kappa shape index (κ2) is 6.04. The topological polar surface area (TPSA) is 116 Å². The van der Waals surface area contributed by atoms with Crippen LogP contribution in [0, 0.1) is 6.92 Å². The molecule has 0 saturated heterocycles. The van der Waals surface area contributed by atoms with Crippen molar-refractivity contribution in [2.45, 2.75) is 11.8 Å². The number of hydrazine groups is 1. The number of hydrogen-bond donors (Lipinski definition) is 4. The van der Waals surface area contributed by atoms with Gasteiger partial charge >= 0.3 is 5.97 Å². The quantitative estimate of drug-likeness (QED) is 0.623. The van der Waals surface area contributed by atoms with Crippen LogP contribution in [0.4, 0.5) is 5.69 Å². The average molecular weight is 322 g/mol. The molecule has 0 atom stereocenters. The number of aromatic carboxylic acids is 1. The molecule has 2 aromatic carbocycles. The lowest BCUT2D eigenvalue weighted by atomic mass is 10.2. The zero-order valence-corrected chi connectivity index (χ0v) is 12.4. The van der Waals surface area contributed by atoms with Gasteiger partial charge in [0.15, 0.2) is 0 Å². The molecule has 7 nitrogen and oxygen atoms in total. The minimum absolute atomic E-state index is 0.274. The third kappa shape index (κ3) is 3.35. The number of sulfonamides is 1. The molecule has 0 radical (unpaired) electrons. The number of rotatable bonds is 5. The van der Waals surface area contributed by atoms with Crippen LogP contribution in [0.2, 0.25) is 0 Å². The van der Waals surface area contributed by atoms with Gasteiger partial charge in [-0.1, -0.05) is 18.2 Å². The number of benzene rings is 2. The zero-order chi connectivity index (χ0) is 16.3. The maximum atomic E-state index is 12.2. The molecule has 2 aromatic rings. The van der Waals surface area contributed by atoms with Crippen molar-refractivity contribution < 1.29 is 23.4 Å². The second-order valence-electron chi connectivity index (χ2n) is 4.53. The zero-order valence-electron chi connectivity index (χ0n) is 11.6. The van der Waals surface area contributed by atoms with Gasteiger partial charge in [0.1, 0.15) is 11.3 Å². The first-order chi connectivity index (χ1) is 10.3. The van der Waals surface area contributed by atoms with E-state index in [9.17, 15) is 18.3 Å². The number of anilines is 1. The highest BCUT2D eigenvalue weighted by molar-refractivity contribution is 7.89. The van der Waals surface area contributed by atoms with E-state index in [4.69, 9.17) is 5.11 Å². The summed E-state index contributed by atoms with van der Waals surface area (Å²) < 4.78 is 24.3. The van der Waals surface area contributed by atoms with Crippen molar-refractivity contribution in [3.63, 3.8) is 0 Å². The van der Waals surface area contributed by atoms with Crippen LogP contribution in [0.25, 0.3) is 0 Å². The maximum absolute atomic E-state index is 12.2.